The van der Waals surface area contributed by atoms with E-state index in [-0.39, 0.29) is 24.3 Å². The van der Waals surface area contributed by atoms with Crippen LogP contribution in [0.15, 0.2) is 249 Å². The zero-order valence-corrected chi connectivity index (χ0v) is 46.6. The van der Waals surface area contributed by atoms with Crippen LogP contribution in [0.4, 0.5) is 68.2 Å². The zero-order valence-electron chi connectivity index (χ0n) is 46.6. The molecule has 1 aromatic heterocycles. The molecule has 4 aliphatic heterocycles. The highest BCUT2D eigenvalue weighted by molar-refractivity contribution is 7.01. The Labute approximate surface area is 475 Å². The van der Waals surface area contributed by atoms with Gasteiger partial charge in [0.05, 0.1) is 11.0 Å². The van der Waals surface area contributed by atoms with E-state index in [1.807, 2.05) is 0 Å². The number of fused-ring (bicyclic) bond motifs is 11. The molecule has 0 amide bonds. The van der Waals surface area contributed by atoms with Gasteiger partial charge in [0, 0.05) is 84.7 Å². The van der Waals surface area contributed by atoms with Crippen molar-refractivity contribution >= 4 is 136 Å². The van der Waals surface area contributed by atoms with Crippen LogP contribution in [0.5, 0.6) is 0 Å². The normalized spacial score (nSPS) is 13.9. The van der Waals surface area contributed by atoms with Crippen molar-refractivity contribution < 1.29 is 0 Å². The van der Waals surface area contributed by atoms with E-state index in [1.54, 1.807) is 0 Å². The first-order chi connectivity index (χ1) is 39.5. The molecule has 16 rings (SSSR count). The van der Waals surface area contributed by atoms with Crippen LogP contribution in [0.2, 0.25) is 0 Å². The summed E-state index contributed by atoms with van der Waals surface area (Å²) in [7, 11) is 0. The minimum Gasteiger partial charge on any atom is -0.311 e. The lowest BCUT2D eigenvalue weighted by atomic mass is 9.33. The van der Waals surface area contributed by atoms with Crippen molar-refractivity contribution in [2.24, 2.45) is 0 Å². The number of rotatable bonds is 5. The van der Waals surface area contributed by atoms with Crippen LogP contribution in [0.25, 0.3) is 27.5 Å². The van der Waals surface area contributed by atoms with Gasteiger partial charge < -0.3 is 24.2 Å². The molecule has 0 spiro atoms. The number of aromatic nitrogens is 1. The third-order valence-corrected chi connectivity index (χ3v) is 17.8. The van der Waals surface area contributed by atoms with E-state index < -0.39 is 0 Å². The Bertz CT molecular complexity index is 4240. The van der Waals surface area contributed by atoms with Gasteiger partial charge >= 0.3 is 0 Å². The van der Waals surface area contributed by atoms with Gasteiger partial charge in [0.15, 0.2) is 0 Å². The monoisotopic (exact) mass is 1040 g/mol. The number of nitrogens with zero attached hydrogens (tertiary/aromatic N) is 5. The summed E-state index contributed by atoms with van der Waals surface area (Å²) < 4.78 is 2.55. The molecule has 7 heteroatoms. The summed E-state index contributed by atoms with van der Waals surface area (Å²) in [5.74, 6) is 0. The van der Waals surface area contributed by atoms with Crippen molar-refractivity contribution in [1.82, 2.24) is 4.57 Å². The molecule has 386 valence electrons. The van der Waals surface area contributed by atoms with E-state index >= 15 is 0 Å². The van der Waals surface area contributed by atoms with E-state index in [9.17, 15) is 0 Å². The Hall–Kier alpha value is -9.45. The second kappa shape index (κ2) is 17.5. The smallest absolute Gasteiger partial charge is 0.252 e. The highest BCUT2D eigenvalue weighted by atomic mass is 15.2. The number of hydrogen-bond acceptors (Lipinski definition) is 4. The summed E-state index contributed by atoms with van der Waals surface area (Å²) >= 11 is 0. The maximum atomic E-state index is 2.59. The Balaban J connectivity index is 1.04. The average Bonchev–Trinajstić information content (AvgIpc) is 4.09. The fraction of sp³-hybridized carbons (Fsp3) is 0.108. The lowest BCUT2D eigenvalue weighted by molar-refractivity contribution is 0.590. The van der Waals surface area contributed by atoms with E-state index in [0.717, 1.165) is 28.4 Å². The van der Waals surface area contributed by atoms with Gasteiger partial charge in [-0.1, -0.05) is 181 Å². The van der Waals surface area contributed by atoms with E-state index in [0.29, 0.717) is 0 Å². The van der Waals surface area contributed by atoms with E-state index in [4.69, 9.17) is 0 Å². The Morgan fingerprint density at radius 1 is 0.259 bits per heavy atom. The molecule has 5 nitrogen and oxygen atoms in total. The molecular formula is C74H59B2N5. The third-order valence-electron chi connectivity index (χ3n) is 17.8. The maximum Gasteiger partial charge on any atom is 0.252 e. The Morgan fingerprint density at radius 2 is 0.543 bits per heavy atom. The second-order valence-corrected chi connectivity index (χ2v) is 24.6. The van der Waals surface area contributed by atoms with E-state index in [1.165, 1.54) is 111 Å². The Morgan fingerprint density at radius 3 is 0.864 bits per heavy atom. The summed E-state index contributed by atoms with van der Waals surface area (Å²) in [6, 6.07) is 93.7. The van der Waals surface area contributed by atoms with Gasteiger partial charge in [-0.2, -0.15) is 0 Å². The van der Waals surface area contributed by atoms with Gasteiger partial charge in [0.2, 0.25) is 0 Å². The minimum atomic E-state index is -0.132. The van der Waals surface area contributed by atoms with Crippen LogP contribution in [0, 0.1) is 0 Å². The molecule has 12 aromatic rings. The largest absolute Gasteiger partial charge is 0.311 e. The molecule has 0 atom stereocenters. The number of para-hydroxylation sites is 7. The van der Waals surface area contributed by atoms with Gasteiger partial charge in [-0.3, -0.25) is 0 Å². The fourth-order valence-electron chi connectivity index (χ4n) is 14.0. The van der Waals surface area contributed by atoms with Crippen LogP contribution in [-0.2, 0) is 10.8 Å². The van der Waals surface area contributed by atoms with Crippen molar-refractivity contribution in [3.8, 4) is 5.69 Å². The summed E-state index contributed by atoms with van der Waals surface area (Å²) in [5.41, 5.74) is 27.9. The van der Waals surface area contributed by atoms with Crippen LogP contribution in [0.1, 0.15) is 52.7 Å². The van der Waals surface area contributed by atoms with Gasteiger partial charge in [-0.15, -0.1) is 0 Å². The maximum absolute atomic E-state index is 2.59. The SMILES string of the molecule is CC(C)(C)c1cc2c3c(c1)N(c1ccccc1)c1cc4c(cc1B3c1ccccc1N2c1ccccc1)c1cc2c(cc1n4-c1ccccc1)N(c1ccccc1)c1cc(C(C)(C)C)cc3c1B2c1ccccc1N3c1ccccc1. The molecule has 0 fully saturated rings. The van der Waals surface area contributed by atoms with Crippen molar-refractivity contribution in [2.75, 3.05) is 19.6 Å². The standard InChI is InChI=1S/C74H59B2N5/c1-73(2,3)48-40-67-71-69(42-48)80(53-32-18-10-19-33-53)65-46-63-55(44-59(65)75(71)57-36-22-24-38-61(57)77(67)50-26-12-7-13-27-50)56-45-60-66(47-64(56)79(63)52-30-16-9-17-31-52)81(54-34-20-11-21-35-54)70-43-49(74(4,5)6)41-68-72(70)76(60)58-37-23-25-39-62(58)78(68)51-28-14-8-15-29-51/h7-47H,1-6H3. The first kappa shape index (κ1) is 47.5. The molecule has 4 aliphatic rings. The first-order valence-corrected chi connectivity index (χ1v) is 28.7. The predicted molar refractivity (Wildman–Crippen MR) is 346 cm³/mol. The molecule has 0 saturated heterocycles. The second-order valence-electron chi connectivity index (χ2n) is 24.6. The zero-order chi connectivity index (χ0) is 54.5. The molecule has 0 saturated carbocycles. The average molecular weight is 1040 g/mol. The summed E-state index contributed by atoms with van der Waals surface area (Å²) in [6.45, 7) is 14.0. The molecule has 0 aliphatic carbocycles. The van der Waals surface area contributed by atoms with Crippen LogP contribution >= 0.6 is 0 Å². The van der Waals surface area contributed by atoms with Crippen LogP contribution in [-0.4, -0.2) is 18.0 Å². The van der Waals surface area contributed by atoms with Gasteiger partial charge in [-0.05, 0) is 164 Å². The highest BCUT2D eigenvalue weighted by Crippen LogP contribution is 2.50. The number of hydrogen-bond donors (Lipinski definition) is 0. The molecule has 0 N–H and O–H groups in total. The summed E-state index contributed by atoms with van der Waals surface area (Å²) in [4.78, 5) is 10.2. The van der Waals surface area contributed by atoms with Gasteiger partial charge in [-0.25, -0.2) is 0 Å². The minimum absolute atomic E-state index is 0.0542. The molecule has 0 unspecified atom stereocenters. The summed E-state index contributed by atoms with van der Waals surface area (Å²) in [5, 5.41) is 2.47. The molecule has 0 bridgehead atoms. The number of anilines is 12. The van der Waals surface area contributed by atoms with Crippen molar-refractivity contribution in [3.63, 3.8) is 0 Å². The fourth-order valence-corrected chi connectivity index (χ4v) is 14.0. The first-order valence-electron chi connectivity index (χ1n) is 28.7. The number of benzene rings is 11. The lowest BCUT2D eigenvalue weighted by Crippen LogP contribution is -2.61. The van der Waals surface area contributed by atoms with Crippen molar-refractivity contribution in [2.45, 2.75) is 52.4 Å². The lowest BCUT2D eigenvalue weighted by Gasteiger charge is -2.45. The predicted octanol–water partition coefficient (Wildman–Crippen LogP) is 15.5. The van der Waals surface area contributed by atoms with Crippen molar-refractivity contribution in [3.05, 3.63) is 260 Å². The van der Waals surface area contributed by atoms with Gasteiger partial charge in [0.25, 0.3) is 13.4 Å². The topological polar surface area (TPSA) is 17.9 Å². The molecule has 0 radical (unpaired) electrons. The van der Waals surface area contributed by atoms with Crippen LogP contribution < -0.4 is 52.4 Å². The molecule has 11 aromatic carbocycles. The molecule has 5 heterocycles. The molecular weight excluding hydrogens is 980 g/mol. The van der Waals surface area contributed by atoms with Gasteiger partial charge in [0.1, 0.15) is 0 Å². The summed E-state index contributed by atoms with van der Waals surface area (Å²) in [6.07, 6.45) is 0. The Kier molecular flexibility index (Phi) is 10.3. The highest BCUT2D eigenvalue weighted by Gasteiger charge is 2.47. The molecule has 81 heavy (non-hydrogen) atoms. The van der Waals surface area contributed by atoms with Crippen molar-refractivity contribution in [1.29, 1.82) is 0 Å². The van der Waals surface area contributed by atoms with E-state index in [2.05, 4.69) is 314 Å². The third kappa shape index (κ3) is 7.07. The quantitative estimate of drug-likeness (QED) is 0.160. The van der Waals surface area contributed by atoms with Crippen LogP contribution in [0.3, 0.4) is 0 Å².